The number of hydrogen-bond acceptors (Lipinski definition) is 1. The first-order chi connectivity index (χ1) is 5.54. The second-order valence-electron chi connectivity index (χ2n) is 5.70. The van der Waals surface area contributed by atoms with Gasteiger partial charge in [-0.25, -0.2) is 0 Å². The predicted octanol–water partition coefficient (Wildman–Crippen LogP) is 2.03. The summed E-state index contributed by atoms with van der Waals surface area (Å²) in [6.45, 7) is 13.5. The lowest BCUT2D eigenvalue weighted by Gasteiger charge is -2.40. The van der Waals surface area contributed by atoms with Crippen LogP contribution >= 0.6 is 0 Å². The van der Waals surface area contributed by atoms with E-state index >= 15 is 0 Å². The van der Waals surface area contributed by atoms with Crippen LogP contribution < -0.4 is 5.73 Å². The molecule has 0 saturated carbocycles. The Bertz CT molecular complexity index is 183. The zero-order valence-electron chi connectivity index (χ0n) is 9.73. The molecule has 0 rings (SSSR count). The first-order valence-electron chi connectivity index (χ1n) is 4.66. The molecule has 0 aliphatic heterocycles. The number of rotatable bonds is 1. The van der Waals surface area contributed by atoms with Crippen molar-refractivity contribution in [2.75, 3.05) is 6.54 Å². The third kappa shape index (κ3) is 4.76. The lowest BCUT2D eigenvalue weighted by Crippen LogP contribution is -2.52. The van der Waals surface area contributed by atoms with Crippen molar-refractivity contribution in [3.05, 3.63) is 0 Å². The Balaban J connectivity index is 4.56. The molecule has 78 valence electrons. The van der Waals surface area contributed by atoms with Crippen LogP contribution in [0.15, 0.2) is 0 Å². The average molecular weight is 185 g/mol. The van der Waals surface area contributed by atoms with Gasteiger partial charge in [0, 0.05) is 12.1 Å². The second-order valence-corrected chi connectivity index (χ2v) is 5.70. The van der Waals surface area contributed by atoms with Gasteiger partial charge in [-0.1, -0.05) is 20.8 Å². The Labute approximate surface area is 81.8 Å². The monoisotopic (exact) mass is 185 g/mol. The Hall–Kier alpha value is -0.730. The molecule has 0 amide bonds. The maximum atomic E-state index is 7.49. The molecule has 13 heavy (non-hydrogen) atoms. The predicted molar refractivity (Wildman–Crippen MR) is 57.8 cm³/mol. The first kappa shape index (κ1) is 12.3. The topological polar surface area (TPSA) is 53.1 Å². The lowest BCUT2D eigenvalue weighted by molar-refractivity contribution is 0.170. The molecule has 0 aromatic rings. The third-order valence-corrected chi connectivity index (χ3v) is 1.73. The summed E-state index contributed by atoms with van der Waals surface area (Å²) in [7, 11) is 0. The summed E-state index contributed by atoms with van der Waals surface area (Å²) in [5.74, 6) is 0.155. The second kappa shape index (κ2) is 3.56. The maximum Gasteiger partial charge on any atom is 0.188 e. The van der Waals surface area contributed by atoms with Gasteiger partial charge in [0.2, 0.25) is 0 Å². The van der Waals surface area contributed by atoms with Gasteiger partial charge >= 0.3 is 0 Å². The molecular formula is C10H23N3. The molecule has 0 spiro atoms. The molecule has 0 aliphatic carbocycles. The van der Waals surface area contributed by atoms with E-state index in [0.717, 1.165) is 6.54 Å². The van der Waals surface area contributed by atoms with Crippen molar-refractivity contribution >= 4 is 5.96 Å². The van der Waals surface area contributed by atoms with Gasteiger partial charge in [0.25, 0.3) is 0 Å². The Morgan fingerprint density at radius 3 is 1.62 bits per heavy atom. The fraction of sp³-hybridized carbons (Fsp3) is 0.900. The van der Waals surface area contributed by atoms with Crippen molar-refractivity contribution in [2.24, 2.45) is 11.1 Å². The highest BCUT2D eigenvalue weighted by atomic mass is 15.3. The average Bonchev–Trinajstić information content (AvgIpc) is 1.77. The highest BCUT2D eigenvalue weighted by Gasteiger charge is 2.26. The van der Waals surface area contributed by atoms with E-state index in [2.05, 4.69) is 41.5 Å². The van der Waals surface area contributed by atoms with Gasteiger partial charge in [-0.2, -0.15) is 0 Å². The Morgan fingerprint density at radius 1 is 1.15 bits per heavy atom. The Morgan fingerprint density at radius 2 is 1.54 bits per heavy atom. The molecular weight excluding hydrogens is 162 g/mol. The molecule has 0 atom stereocenters. The summed E-state index contributed by atoms with van der Waals surface area (Å²) in [6.07, 6.45) is 0. The summed E-state index contributed by atoms with van der Waals surface area (Å²) >= 11 is 0. The number of hydrogen-bond donors (Lipinski definition) is 2. The summed E-state index contributed by atoms with van der Waals surface area (Å²) < 4.78 is 0. The van der Waals surface area contributed by atoms with Crippen LogP contribution in [-0.4, -0.2) is 22.9 Å². The molecule has 0 bridgehead atoms. The summed E-state index contributed by atoms with van der Waals surface area (Å²) in [4.78, 5) is 1.92. The number of guanidine groups is 1. The van der Waals surface area contributed by atoms with Crippen LogP contribution in [0, 0.1) is 10.8 Å². The number of nitrogens with zero attached hydrogens (tertiary/aromatic N) is 1. The molecule has 0 aromatic carbocycles. The van der Waals surface area contributed by atoms with Crippen LogP contribution in [0.25, 0.3) is 0 Å². The van der Waals surface area contributed by atoms with Crippen LogP contribution in [0.5, 0.6) is 0 Å². The summed E-state index contributed by atoms with van der Waals surface area (Å²) in [5.41, 5.74) is 5.63. The van der Waals surface area contributed by atoms with Crippen molar-refractivity contribution in [1.82, 2.24) is 4.90 Å². The molecule has 0 aliphatic rings. The highest BCUT2D eigenvalue weighted by Crippen LogP contribution is 2.21. The van der Waals surface area contributed by atoms with Gasteiger partial charge in [-0.3, -0.25) is 5.41 Å². The van der Waals surface area contributed by atoms with Crippen molar-refractivity contribution in [2.45, 2.75) is 47.1 Å². The lowest BCUT2D eigenvalue weighted by atomic mass is 9.93. The third-order valence-electron chi connectivity index (χ3n) is 1.73. The minimum atomic E-state index is -0.0703. The van der Waals surface area contributed by atoms with Gasteiger partial charge in [-0.15, -0.1) is 0 Å². The van der Waals surface area contributed by atoms with E-state index in [1.807, 2.05) is 4.90 Å². The summed E-state index contributed by atoms with van der Waals surface area (Å²) in [6, 6.07) is 0. The molecule has 0 saturated heterocycles. The Kier molecular flexibility index (Phi) is 3.36. The van der Waals surface area contributed by atoms with Crippen LogP contribution in [-0.2, 0) is 0 Å². The van der Waals surface area contributed by atoms with Crippen molar-refractivity contribution in [1.29, 1.82) is 5.41 Å². The SMILES string of the molecule is CC(C)(C)CN(C(=N)N)C(C)(C)C. The number of nitrogens with one attached hydrogen (secondary N) is 1. The fourth-order valence-corrected chi connectivity index (χ4v) is 1.16. The quantitative estimate of drug-likeness (QED) is 0.485. The molecule has 0 unspecified atom stereocenters. The van der Waals surface area contributed by atoms with E-state index < -0.39 is 0 Å². The fourth-order valence-electron chi connectivity index (χ4n) is 1.16. The van der Waals surface area contributed by atoms with Crippen molar-refractivity contribution < 1.29 is 0 Å². The van der Waals surface area contributed by atoms with Gasteiger partial charge in [-0.05, 0) is 26.2 Å². The van der Waals surface area contributed by atoms with Crippen LogP contribution in [0.3, 0.4) is 0 Å². The first-order valence-corrected chi connectivity index (χ1v) is 4.66. The van der Waals surface area contributed by atoms with Gasteiger partial charge in [0.1, 0.15) is 0 Å². The van der Waals surface area contributed by atoms with Gasteiger partial charge in [0.05, 0.1) is 0 Å². The van der Waals surface area contributed by atoms with E-state index in [0.29, 0.717) is 0 Å². The molecule has 0 aromatic heterocycles. The standard InChI is InChI=1S/C10H23N3/c1-9(2,3)7-13(8(11)12)10(4,5)6/h7H2,1-6H3,(H3,11,12). The summed E-state index contributed by atoms with van der Waals surface area (Å²) in [5, 5.41) is 7.49. The normalized spacial score (nSPS) is 12.8. The number of nitrogens with two attached hydrogens (primary N) is 1. The van der Waals surface area contributed by atoms with Gasteiger partial charge in [0.15, 0.2) is 5.96 Å². The smallest absolute Gasteiger partial charge is 0.188 e. The van der Waals surface area contributed by atoms with Crippen LogP contribution in [0.2, 0.25) is 0 Å². The minimum Gasteiger partial charge on any atom is -0.370 e. The van der Waals surface area contributed by atoms with E-state index in [-0.39, 0.29) is 16.9 Å². The highest BCUT2D eigenvalue weighted by molar-refractivity contribution is 5.75. The van der Waals surface area contributed by atoms with Crippen molar-refractivity contribution in [3.8, 4) is 0 Å². The zero-order chi connectivity index (χ0) is 10.9. The van der Waals surface area contributed by atoms with Crippen molar-refractivity contribution in [3.63, 3.8) is 0 Å². The van der Waals surface area contributed by atoms with E-state index in [4.69, 9.17) is 11.1 Å². The van der Waals surface area contributed by atoms with E-state index in [1.54, 1.807) is 0 Å². The van der Waals surface area contributed by atoms with E-state index in [9.17, 15) is 0 Å². The molecule has 3 heteroatoms. The van der Waals surface area contributed by atoms with Crippen LogP contribution in [0.4, 0.5) is 0 Å². The maximum absolute atomic E-state index is 7.49. The minimum absolute atomic E-state index is 0.0703. The molecule has 0 heterocycles. The zero-order valence-corrected chi connectivity index (χ0v) is 9.73. The molecule has 3 nitrogen and oxygen atoms in total. The van der Waals surface area contributed by atoms with Crippen LogP contribution in [0.1, 0.15) is 41.5 Å². The largest absolute Gasteiger partial charge is 0.370 e. The molecule has 0 fully saturated rings. The molecule has 0 radical (unpaired) electrons. The molecule has 3 N–H and O–H groups in total. The van der Waals surface area contributed by atoms with Gasteiger partial charge < -0.3 is 10.6 Å². The van der Waals surface area contributed by atoms with E-state index in [1.165, 1.54) is 0 Å².